The van der Waals surface area contributed by atoms with Gasteiger partial charge in [-0.15, -0.1) is 0 Å². The number of hydrogen-bond donors (Lipinski definition) is 3. The SMILES string of the molecule is Cc1c(C(C)(C)C(=O)O)[nH][nH]c1=O. The maximum Gasteiger partial charge on any atom is 0.315 e. The molecule has 0 fully saturated rings. The summed E-state index contributed by atoms with van der Waals surface area (Å²) in [6.07, 6.45) is 0. The van der Waals surface area contributed by atoms with Crippen LogP contribution in [0.5, 0.6) is 0 Å². The van der Waals surface area contributed by atoms with Crippen LogP contribution >= 0.6 is 0 Å². The van der Waals surface area contributed by atoms with Crippen LogP contribution in [0.1, 0.15) is 25.1 Å². The van der Waals surface area contributed by atoms with Crippen LogP contribution in [0.15, 0.2) is 4.79 Å². The molecule has 0 amide bonds. The van der Waals surface area contributed by atoms with E-state index in [1.165, 1.54) is 0 Å². The van der Waals surface area contributed by atoms with Crippen LogP contribution in [-0.2, 0) is 10.2 Å². The van der Waals surface area contributed by atoms with Crippen molar-refractivity contribution < 1.29 is 9.90 Å². The predicted molar refractivity (Wildman–Crippen MR) is 46.8 cm³/mol. The highest BCUT2D eigenvalue weighted by molar-refractivity contribution is 5.79. The van der Waals surface area contributed by atoms with Crippen molar-refractivity contribution in [2.24, 2.45) is 0 Å². The monoisotopic (exact) mass is 184 g/mol. The van der Waals surface area contributed by atoms with Gasteiger partial charge in [-0.25, -0.2) is 0 Å². The number of aliphatic carboxylic acids is 1. The third-order valence-electron chi connectivity index (χ3n) is 2.18. The van der Waals surface area contributed by atoms with Crippen molar-refractivity contribution in [2.75, 3.05) is 0 Å². The maximum atomic E-state index is 11.0. The van der Waals surface area contributed by atoms with Gasteiger partial charge in [0.05, 0.1) is 5.69 Å². The highest BCUT2D eigenvalue weighted by Gasteiger charge is 2.33. The molecule has 5 nitrogen and oxygen atoms in total. The minimum Gasteiger partial charge on any atom is -0.481 e. The van der Waals surface area contributed by atoms with Gasteiger partial charge >= 0.3 is 5.97 Å². The zero-order valence-electron chi connectivity index (χ0n) is 7.76. The van der Waals surface area contributed by atoms with E-state index in [9.17, 15) is 9.59 Å². The van der Waals surface area contributed by atoms with Gasteiger partial charge < -0.3 is 10.2 Å². The molecular formula is C8H12N2O3. The Kier molecular flexibility index (Phi) is 2.03. The number of carbonyl (C=O) groups is 1. The molecule has 0 spiro atoms. The Bertz CT molecular complexity index is 386. The van der Waals surface area contributed by atoms with Gasteiger partial charge in [0.15, 0.2) is 0 Å². The third kappa shape index (κ3) is 1.37. The second kappa shape index (κ2) is 2.76. The lowest BCUT2D eigenvalue weighted by atomic mass is 9.87. The smallest absolute Gasteiger partial charge is 0.315 e. The van der Waals surface area contributed by atoms with E-state index in [1.807, 2.05) is 0 Å². The molecule has 0 radical (unpaired) electrons. The largest absolute Gasteiger partial charge is 0.481 e. The molecule has 0 aliphatic rings. The molecule has 0 aromatic carbocycles. The number of aromatic nitrogens is 2. The van der Waals surface area contributed by atoms with Crippen molar-refractivity contribution >= 4 is 5.97 Å². The lowest BCUT2D eigenvalue weighted by Gasteiger charge is -2.17. The Morgan fingerprint density at radius 1 is 1.38 bits per heavy atom. The number of aromatic amines is 2. The van der Waals surface area contributed by atoms with Gasteiger partial charge in [-0.05, 0) is 20.8 Å². The van der Waals surface area contributed by atoms with Gasteiger partial charge in [-0.1, -0.05) is 0 Å². The third-order valence-corrected chi connectivity index (χ3v) is 2.18. The second-order valence-corrected chi connectivity index (χ2v) is 3.51. The van der Waals surface area contributed by atoms with Crippen molar-refractivity contribution in [1.82, 2.24) is 10.2 Å². The maximum absolute atomic E-state index is 11.0. The number of carboxylic acid groups (broad SMARTS) is 1. The Balaban J connectivity index is 3.30. The number of nitrogens with one attached hydrogen (secondary N) is 2. The van der Waals surface area contributed by atoms with Gasteiger partial charge in [-0.3, -0.25) is 14.7 Å². The highest BCUT2D eigenvalue weighted by Crippen LogP contribution is 2.22. The summed E-state index contributed by atoms with van der Waals surface area (Å²) in [7, 11) is 0. The Hall–Kier alpha value is -1.52. The van der Waals surface area contributed by atoms with Crippen molar-refractivity contribution in [1.29, 1.82) is 0 Å². The molecule has 0 unspecified atom stereocenters. The molecule has 0 aliphatic heterocycles. The van der Waals surface area contributed by atoms with Crippen LogP contribution in [0.2, 0.25) is 0 Å². The highest BCUT2D eigenvalue weighted by atomic mass is 16.4. The molecular weight excluding hydrogens is 172 g/mol. The lowest BCUT2D eigenvalue weighted by molar-refractivity contribution is -0.142. The quantitative estimate of drug-likeness (QED) is 0.620. The molecule has 1 heterocycles. The summed E-state index contributed by atoms with van der Waals surface area (Å²) in [5.41, 5.74) is -0.495. The number of H-pyrrole nitrogens is 2. The summed E-state index contributed by atoms with van der Waals surface area (Å²) in [4.78, 5) is 21.9. The average Bonchev–Trinajstić information content (AvgIpc) is 2.33. The molecule has 0 bridgehead atoms. The zero-order valence-corrected chi connectivity index (χ0v) is 7.76. The molecule has 13 heavy (non-hydrogen) atoms. The van der Waals surface area contributed by atoms with E-state index in [1.54, 1.807) is 20.8 Å². The fourth-order valence-electron chi connectivity index (χ4n) is 1.15. The zero-order chi connectivity index (χ0) is 10.2. The van der Waals surface area contributed by atoms with Gasteiger partial charge in [0.25, 0.3) is 5.56 Å². The molecule has 0 saturated carbocycles. The Morgan fingerprint density at radius 2 is 1.92 bits per heavy atom. The molecule has 1 rings (SSSR count). The summed E-state index contributed by atoms with van der Waals surface area (Å²) in [5.74, 6) is -0.967. The van der Waals surface area contributed by atoms with E-state index in [0.29, 0.717) is 11.3 Å². The second-order valence-electron chi connectivity index (χ2n) is 3.51. The van der Waals surface area contributed by atoms with Gasteiger partial charge in [0.2, 0.25) is 0 Å². The predicted octanol–water partition coefficient (Wildman–Crippen LogP) is 0.374. The molecule has 3 N–H and O–H groups in total. The van der Waals surface area contributed by atoms with Crippen LogP contribution in [0.4, 0.5) is 0 Å². The first-order chi connectivity index (χ1) is 5.87. The molecule has 72 valence electrons. The van der Waals surface area contributed by atoms with Crippen LogP contribution in [0.25, 0.3) is 0 Å². The van der Waals surface area contributed by atoms with Crippen LogP contribution in [0.3, 0.4) is 0 Å². The standard InChI is InChI=1S/C8H12N2O3/c1-4-5(9-10-6(4)11)8(2,3)7(12)13/h1-3H3,(H,12,13)(H2,9,10,11). The summed E-state index contributed by atoms with van der Waals surface area (Å²) in [6, 6.07) is 0. The van der Waals surface area contributed by atoms with E-state index >= 15 is 0 Å². The lowest BCUT2D eigenvalue weighted by Crippen LogP contribution is -2.30. The van der Waals surface area contributed by atoms with E-state index in [4.69, 9.17) is 5.11 Å². The van der Waals surface area contributed by atoms with Crippen LogP contribution in [-0.4, -0.2) is 21.3 Å². The van der Waals surface area contributed by atoms with Gasteiger partial charge in [0.1, 0.15) is 5.41 Å². The topological polar surface area (TPSA) is 85.9 Å². The first-order valence-corrected chi connectivity index (χ1v) is 3.88. The Morgan fingerprint density at radius 3 is 2.23 bits per heavy atom. The number of carboxylic acids is 1. The Labute approximate surface area is 74.8 Å². The van der Waals surface area contributed by atoms with E-state index in [2.05, 4.69) is 10.2 Å². The molecule has 1 aromatic rings. The van der Waals surface area contributed by atoms with Gasteiger partial charge in [0, 0.05) is 5.56 Å². The fraction of sp³-hybridized carbons (Fsp3) is 0.500. The van der Waals surface area contributed by atoms with Crippen molar-refractivity contribution in [3.8, 4) is 0 Å². The summed E-state index contributed by atoms with van der Waals surface area (Å²) in [6.45, 7) is 4.68. The molecule has 1 aromatic heterocycles. The normalized spacial score (nSPS) is 11.6. The number of hydrogen-bond acceptors (Lipinski definition) is 2. The molecule has 5 heteroatoms. The molecule has 0 saturated heterocycles. The minimum absolute atomic E-state index is 0.274. The molecule has 0 atom stereocenters. The fourth-order valence-corrected chi connectivity index (χ4v) is 1.15. The van der Waals surface area contributed by atoms with E-state index < -0.39 is 11.4 Å². The van der Waals surface area contributed by atoms with Crippen molar-refractivity contribution in [2.45, 2.75) is 26.2 Å². The first-order valence-electron chi connectivity index (χ1n) is 3.88. The van der Waals surface area contributed by atoms with Crippen LogP contribution < -0.4 is 5.56 Å². The summed E-state index contributed by atoms with van der Waals surface area (Å²) < 4.78 is 0. The van der Waals surface area contributed by atoms with Gasteiger partial charge in [-0.2, -0.15) is 0 Å². The minimum atomic E-state index is -1.07. The summed E-state index contributed by atoms with van der Waals surface area (Å²) in [5, 5.41) is 13.8. The molecule has 0 aliphatic carbocycles. The number of rotatable bonds is 2. The first kappa shape index (κ1) is 9.57. The van der Waals surface area contributed by atoms with E-state index in [-0.39, 0.29) is 5.56 Å². The summed E-state index contributed by atoms with van der Waals surface area (Å²) >= 11 is 0. The average molecular weight is 184 g/mol. The van der Waals surface area contributed by atoms with Crippen LogP contribution in [0, 0.1) is 6.92 Å². The van der Waals surface area contributed by atoms with Crippen molar-refractivity contribution in [3.05, 3.63) is 21.6 Å². The van der Waals surface area contributed by atoms with Crippen molar-refractivity contribution in [3.63, 3.8) is 0 Å². The van der Waals surface area contributed by atoms with E-state index in [0.717, 1.165) is 0 Å².